The van der Waals surface area contributed by atoms with Gasteiger partial charge in [0.05, 0.1) is 18.8 Å². The van der Waals surface area contributed by atoms with Crippen LogP contribution in [0.15, 0.2) is 66.7 Å². The number of benzene rings is 3. The fraction of sp³-hybridized carbons (Fsp3) is 0.344. The number of nitrogens with one attached hydrogen (secondary N) is 1. The van der Waals surface area contributed by atoms with Gasteiger partial charge in [0.2, 0.25) is 0 Å². The van der Waals surface area contributed by atoms with Crippen LogP contribution in [0.25, 0.3) is 33.3 Å². The number of fused-ring (bicyclic) bond motifs is 1. The summed E-state index contributed by atoms with van der Waals surface area (Å²) in [4.78, 5) is 6.03. The maximum Gasteiger partial charge on any atom is 0.137 e. The van der Waals surface area contributed by atoms with Crippen molar-refractivity contribution in [2.75, 3.05) is 39.5 Å². The van der Waals surface area contributed by atoms with E-state index in [2.05, 4.69) is 46.3 Å². The Labute approximate surface area is 223 Å². The van der Waals surface area contributed by atoms with Crippen LogP contribution >= 0.6 is 0 Å². The first-order chi connectivity index (χ1) is 18.8. The highest BCUT2D eigenvalue weighted by molar-refractivity contribution is 5.98. The summed E-state index contributed by atoms with van der Waals surface area (Å²) in [5.74, 6) is 1.55. The van der Waals surface area contributed by atoms with Crippen molar-refractivity contribution in [3.63, 3.8) is 0 Å². The Hall–Kier alpha value is -3.79. The number of hydrogen-bond donors (Lipinski definition) is 1. The molecule has 3 heterocycles. The monoisotopic (exact) mass is 507 g/mol. The SMILES string of the molecule is N#Cc1cc(-c2cccc3[nH]c(-c4ccc(OCCN5CCCC5)cc4)cc23)ccc1OC1CCOCC1. The van der Waals surface area contributed by atoms with Gasteiger partial charge in [-0.05, 0) is 91.2 Å². The van der Waals surface area contributed by atoms with Gasteiger partial charge >= 0.3 is 0 Å². The molecule has 0 saturated carbocycles. The molecule has 6 nitrogen and oxygen atoms in total. The summed E-state index contributed by atoms with van der Waals surface area (Å²) in [5, 5.41) is 11.0. The van der Waals surface area contributed by atoms with Crippen molar-refractivity contribution >= 4 is 10.9 Å². The van der Waals surface area contributed by atoms with Crippen molar-refractivity contribution < 1.29 is 14.2 Å². The molecule has 0 bridgehead atoms. The Kier molecular flexibility index (Phi) is 7.30. The Balaban J connectivity index is 1.20. The summed E-state index contributed by atoms with van der Waals surface area (Å²) < 4.78 is 17.6. The molecule has 1 N–H and O–H groups in total. The van der Waals surface area contributed by atoms with Crippen molar-refractivity contribution in [3.8, 4) is 40.0 Å². The van der Waals surface area contributed by atoms with Gasteiger partial charge in [0.25, 0.3) is 0 Å². The first-order valence-electron chi connectivity index (χ1n) is 13.6. The van der Waals surface area contributed by atoms with Crippen LogP contribution in [0.5, 0.6) is 11.5 Å². The summed E-state index contributed by atoms with van der Waals surface area (Å²) in [6, 6.07) is 25.0. The van der Waals surface area contributed by atoms with E-state index in [-0.39, 0.29) is 6.10 Å². The second-order valence-electron chi connectivity index (χ2n) is 10.1. The van der Waals surface area contributed by atoms with Crippen LogP contribution in [-0.4, -0.2) is 55.4 Å². The standard InChI is InChI=1S/C32H33N3O3/c33-22-25-20-24(8-11-32(25)38-27-12-17-36-18-13-27)28-4-3-5-30-29(28)21-31(34-30)23-6-9-26(10-7-23)37-19-16-35-14-1-2-15-35/h3-11,20-21,27,34H,1-2,12-19H2. The molecule has 1 aromatic heterocycles. The van der Waals surface area contributed by atoms with Gasteiger partial charge in [0.1, 0.15) is 30.3 Å². The lowest BCUT2D eigenvalue weighted by molar-refractivity contribution is 0.0254. The van der Waals surface area contributed by atoms with Crippen LogP contribution in [0.1, 0.15) is 31.2 Å². The molecule has 2 aliphatic rings. The predicted octanol–water partition coefficient (Wildman–Crippen LogP) is 6.41. The summed E-state index contributed by atoms with van der Waals surface area (Å²) in [6.45, 7) is 5.50. The van der Waals surface area contributed by atoms with E-state index >= 15 is 0 Å². The van der Waals surface area contributed by atoms with Crippen LogP contribution in [-0.2, 0) is 4.74 Å². The summed E-state index contributed by atoms with van der Waals surface area (Å²) in [5.41, 5.74) is 5.86. The minimum absolute atomic E-state index is 0.0965. The van der Waals surface area contributed by atoms with Crippen molar-refractivity contribution in [2.24, 2.45) is 0 Å². The van der Waals surface area contributed by atoms with Gasteiger partial charge in [-0.1, -0.05) is 18.2 Å². The molecular formula is C32H33N3O3. The molecule has 194 valence electrons. The van der Waals surface area contributed by atoms with Gasteiger partial charge in [0.15, 0.2) is 0 Å². The summed E-state index contributed by atoms with van der Waals surface area (Å²) >= 11 is 0. The predicted molar refractivity (Wildman–Crippen MR) is 150 cm³/mol. The molecule has 0 atom stereocenters. The lowest BCUT2D eigenvalue weighted by Gasteiger charge is -2.24. The summed E-state index contributed by atoms with van der Waals surface area (Å²) in [6.07, 6.45) is 4.40. The topological polar surface area (TPSA) is 70.5 Å². The van der Waals surface area contributed by atoms with Crippen LogP contribution < -0.4 is 9.47 Å². The lowest BCUT2D eigenvalue weighted by atomic mass is 9.99. The fourth-order valence-electron chi connectivity index (χ4n) is 5.45. The number of aromatic nitrogens is 1. The first kappa shape index (κ1) is 24.5. The van der Waals surface area contributed by atoms with E-state index in [1.165, 1.54) is 25.9 Å². The number of hydrogen-bond acceptors (Lipinski definition) is 5. The van der Waals surface area contributed by atoms with Gasteiger partial charge in [-0.3, -0.25) is 4.90 Å². The van der Waals surface area contributed by atoms with E-state index in [1.807, 2.05) is 36.4 Å². The molecule has 0 amide bonds. The first-order valence-corrected chi connectivity index (χ1v) is 13.6. The molecule has 2 saturated heterocycles. The van der Waals surface area contributed by atoms with Crippen molar-refractivity contribution in [1.29, 1.82) is 5.26 Å². The average molecular weight is 508 g/mol. The zero-order chi connectivity index (χ0) is 25.7. The molecule has 6 heteroatoms. The molecule has 4 aromatic rings. The van der Waals surface area contributed by atoms with E-state index in [1.54, 1.807) is 0 Å². The Morgan fingerprint density at radius 3 is 2.53 bits per heavy atom. The van der Waals surface area contributed by atoms with E-state index < -0.39 is 0 Å². The van der Waals surface area contributed by atoms with Gasteiger partial charge in [-0.2, -0.15) is 5.26 Å². The van der Waals surface area contributed by atoms with Crippen molar-refractivity contribution in [2.45, 2.75) is 31.8 Å². The molecule has 0 unspecified atom stereocenters. The molecule has 0 aliphatic carbocycles. The van der Waals surface area contributed by atoms with Crippen molar-refractivity contribution in [1.82, 2.24) is 9.88 Å². The number of aromatic amines is 1. The number of nitrogens with zero attached hydrogens (tertiary/aromatic N) is 2. The Bertz CT molecular complexity index is 1420. The number of rotatable bonds is 8. The molecular weight excluding hydrogens is 474 g/mol. The van der Waals surface area contributed by atoms with Crippen LogP contribution in [0.2, 0.25) is 0 Å². The molecule has 38 heavy (non-hydrogen) atoms. The van der Waals surface area contributed by atoms with Crippen LogP contribution in [0, 0.1) is 11.3 Å². The normalized spacial score (nSPS) is 16.5. The number of ether oxygens (including phenoxy) is 3. The van der Waals surface area contributed by atoms with E-state index in [9.17, 15) is 5.26 Å². The third-order valence-electron chi connectivity index (χ3n) is 7.58. The minimum atomic E-state index is 0.0965. The third kappa shape index (κ3) is 5.40. The quantitative estimate of drug-likeness (QED) is 0.299. The molecule has 0 radical (unpaired) electrons. The number of likely N-dealkylation sites (tertiary alicyclic amines) is 1. The van der Waals surface area contributed by atoms with E-state index in [4.69, 9.17) is 14.2 Å². The van der Waals surface area contributed by atoms with Crippen molar-refractivity contribution in [3.05, 3.63) is 72.3 Å². The van der Waals surface area contributed by atoms with E-state index in [0.717, 1.165) is 65.0 Å². The number of H-pyrrole nitrogens is 1. The highest BCUT2D eigenvalue weighted by atomic mass is 16.5. The second-order valence-corrected chi connectivity index (χ2v) is 10.1. The summed E-state index contributed by atoms with van der Waals surface area (Å²) in [7, 11) is 0. The Morgan fingerprint density at radius 1 is 0.947 bits per heavy atom. The smallest absolute Gasteiger partial charge is 0.137 e. The van der Waals surface area contributed by atoms with Gasteiger partial charge in [-0.25, -0.2) is 0 Å². The van der Waals surface area contributed by atoms with Crippen LogP contribution in [0.4, 0.5) is 0 Å². The fourth-order valence-corrected chi connectivity index (χ4v) is 5.45. The lowest BCUT2D eigenvalue weighted by Crippen LogP contribution is -2.26. The van der Waals surface area contributed by atoms with Crippen LogP contribution in [0.3, 0.4) is 0 Å². The largest absolute Gasteiger partial charge is 0.492 e. The van der Waals surface area contributed by atoms with Gasteiger partial charge in [0, 0.05) is 36.0 Å². The number of nitriles is 1. The molecule has 3 aromatic carbocycles. The highest BCUT2D eigenvalue weighted by Crippen LogP contribution is 2.35. The van der Waals surface area contributed by atoms with Gasteiger partial charge in [-0.15, -0.1) is 0 Å². The average Bonchev–Trinajstić information content (AvgIpc) is 3.64. The highest BCUT2D eigenvalue weighted by Gasteiger charge is 2.18. The maximum atomic E-state index is 9.84. The van der Waals surface area contributed by atoms with E-state index in [0.29, 0.717) is 24.5 Å². The second kappa shape index (κ2) is 11.3. The van der Waals surface area contributed by atoms with Gasteiger partial charge < -0.3 is 19.2 Å². The molecule has 2 fully saturated rings. The Morgan fingerprint density at radius 2 is 1.74 bits per heavy atom. The maximum absolute atomic E-state index is 9.84. The zero-order valence-electron chi connectivity index (χ0n) is 21.6. The molecule has 2 aliphatic heterocycles. The minimum Gasteiger partial charge on any atom is -0.492 e. The third-order valence-corrected chi connectivity index (χ3v) is 7.58. The zero-order valence-corrected chi connectivity index (χ0v) is 21.6. The molecule has 6 rings (SSSR count). The molecule has 0 spiro atoms.